The second-order valence-electron chi connectivity index (χ2n) is 4.11. The quantitative estimate of drug-likeness (QED) is 0.797. The van der Waals surface area contributed by atoms with Crippen molar-refractivity contribution in [2.75, 3.05) is 5.32 Å². The molecule has 0 fully saturated rings. The van der Waals surface area contributed by atoms with Gasteiger partial charge in [0.2, 0.25) is 0 Å². The molecule has 0 radical (unpaired) electrons. The zero-order valence-corrected chi connectivity index (χ0v) is 10.7. The smallest absolute Gasteiger partial charge is 0.262 e. The predicted octanol–water partition coefficient (Wildman–Crippen LogP) is 3.91. The first-order chi connectivity index (χ1) is 9.22. The van der Waals surface area contributed by atoms with Crippen LogP contribution in [0.25, 0.3) is 6.08 Å². The summed E-state index contributed by atoms with van der Waals surface area (Å²) < 4.78 is 12.8. The molecule has 0 unspecified atom stereocenters. The average molecular weight is 271 g/mol. The number of amides is 1. The third-order valence-electron chi connectivity index (χ3n) is 2.75. The molecule has 1 amide bonds. The average Bonchev–Trinajstić information content (AvgIpc) is 2.42. The third-order valence-corrected chi connectivity index (χ3v) is 3.85. The Hall–Kier alpha value is -2.07. The lowest BCUT2D eigenvalue weighted by molar-refractivity contribution is -0.112. The second-order valence-corrected chi connectivity index (χ2v) is 5.20. The molecule has 0 spiro atoms. The number of thioether (sulfide) groups is 1. The molecular weight excluding hydrogens is 261 g/mol. The van der Waals surface area contributed by atoms with Crippen LogP contribution in [0.5, 0.6) is 0 Å². The van der Waals surface area contributed by atoms with Gasteiger partial charge in [0.25, 0.3) is 5.91 Å². The molecule has 0 aliphatic carbocycles. The van der Waals surface area contributed by atoms with Crippen LogP contribution >= 0.6 is 11.8 Å². The zero-order chi connectivity index (χ0) is 13.2. The fourth-order valence-electron chi connectivity index (χ4n) is 1.81. The van der Waals surface area contributed by atoms with Crippen LogP contribution in [0, 0.1) is 5.82 Å². The van der Waals surface area contributed by atoms with Crippen LogP contribution in [0.15, 0.2) is 58.3 Å². The van der Waals surface area contributed by atoms with Gasteiger partial charge in [-0.15, -0.1) is 0 Å². The van der Waals surface area contributed by atoms with E-state index in [-0.39, 0.29) is 11.7 Å². The maximum Gasteiger partial charge on any atom is 0.262 e. The SMILES string of the molecule is O=C1Nc2ccccc2S/C1=C/c1ccc(F)cc1. The van der Waals surface area contributed by atoms with Gasteiger partial charge in [-0.1, -0.05) is 36.0 Å². The summed E-state index contributed by atoms with van der Waals surface area (Å²) in [6.07, 6.45) is 1.76. The number of anilines is 1. The Morgan fingerprint density at radius 3 is 2.58 bits per heavy atom. The van der Waals surface area contributed by atoms with Crippen LogP contribution in [0.2, 0.25) is 0 Å². The van der Waals surface area contributed by atoms with Gasteiger partial charge in [0.05, 0.1) is 10.6 Å². The van der Waals surface area contributed by atoms with Gasteiger partial charge in [0, 0.05) is 4.90 Å². The number of benzene rings is 2. The fraction of sp³-hybridized carbons (Fsp3) is 0. The lowest BCUT2D eigenvalue weighted by Gasteiger charge is -2.18. The van der Waals surface area contributed by atoms with Crippen molar-refractivity contribution >= 4 is 29.4 Å². The molecule has 94 valence electrons. The number of hydrogen-bond donors (Lipinski definition) is 1. The van der Waals surface area contributed by atoms with Gasteiger partial charge in [0.15, 0.2) is 0 Å². The lowest BCUT2D eigenvalue weighted by atomic mass is 10.2. The maximum absolute atomic E-state index is 12.8. The fourth-order valence-corrected chi connectivity index (χ4v) is 2.76. The molecule has 0 aromatic heterocycles. The minimum Gasteiger partial charge on any atom is -0.320 e. The molecule has 1 heterocycles. The summed E-state index contributed by atoms with van der Waals surface area (Å²) in [6.45, 7) is 0. The summed E-state index contributed by atoms with van der Waals surface area (Å²) >= 11 is 1.42. The monoisotopic (exact) mass is 271 g/mol. The summed E-state index contributed by atoms with van der Waals surface area (Å²) in [5, 5.41) is 2.84. The summed E-state index contributed by atoms with van der Waals surface area (Å²) in [6, 6.07) is 13.7. The topological polar surface area (TPSA) is 29.1 Å². The normalized spacial score (nSPS) is 16.1. The molecule has 2 aromatic rings. The molecule has 1 N–H and O–H groups in total. The molecule has 0 saturated carbocycles. The van der Waals surface area contributed by atoms with Crippen LogP contribution in [-0.2, 0) is 4.79 Å². The van der Waals surface area contributed by atoms with Gasteiger partial charge in [-0.2, -0.15) is 0 Å². The van der Waals surface area contributed by atoms with Crippen LogP contribution in [0.4, 0.5) is 10.1 Å². The van der Waals surface area contributed by atoms with Gasteiger partial charge in [0.1, 0.15) is 5.82 Å². The van der Waals surface area contributed by atoms with E-state index in [0.29, 0.717) is 4.91 Å². The Morgan fingerprint density at radius 1 is 1.05 bits per heavy atom. The number of halogens is 1. The number of fused-ring (bicyclic) bond motifs is 1. The first-order valence-corrected chi connectivity index (χ1v) is 6.59. The van der Waals surface area contributed by atoms with Crippen molar-refractivity contribution in [3.8, 4) is 0 Å². The minimum absolute atomic E-state index is 0.131. The van der Waals surface area contributed by atoms with Crippen LogP contribution in [0.1, 0.15) is 5.56 Å². The number of carbonyl (C=O) groups is 1. The summed E-state index contributed by atoms with van der Waals surface area (Å²) in [5.74, 6) is -0.415. The first kappa shape index (κ1) is 12.0. The highest BCUT2D eigenvalue weighted by Gasteiger charge is 2.20. The number of carbonyl (C=O) groups excluding carboxylic acids is 1. The van der Waals surface area contributed by atoms with Crippen LogP contribution in [0.3, 0.4) is 0 Å². The molecule has 2 aromatic carbocycles. The Labute approximate surface area is 114 Å². The van der Waals surface area contributed by atoms with E-state index in [1.165, 1.54) is 23.9 Å². The van der Waals surface area contributed by atoms with E-state index in [1.54, 1.807) is 18.2 Å². The van der Waals surface area contributed by atoms with Gasteiger partial charge in [-0.25, -0.2) is 4.39 Å². The Bertz CT molecular complexity index is 664. The van der Waals surface area contributed by atoms with E-state index in [1.807, 2.05) is 24.3 Å². The Kier molecular flexibility index (Phi) is 3.09. The summed E-state index contributed by atoms with van der Waals surface area (Å²) in [7, 11) is 0. The van der Waals surface area contributed by atoms with E-state index in [2.05, 4.69) is 5.32 Å². The number of hydrogen-bond acceptors (Lipinski definition) is 2. The molecule has 1 aliphatic rings. The van der Waals surface area contributed by atoms with Gasteiger partial charge < -0.3 is 5.32 Å². The predicted molar refractivity (Wildman–Crippen MR) is 75.3 cm³/mol. The largest absolute Gasteiger partial charge is 0.320 e. The van der Waals surface area contributed by atoms with E-state index < -0.39 is 0 Å². The van der Waals surface area contributed by atoms with Crippen LogP contribution < -0.4 is 5.32 Å². The Balaban J connectivity index is 1.94. The first-order valence-electron chi connectivity index (χ1n) is 5.78. The molecule has 0 saturated heterocycles. The number of nitrogens with one attached hydrogen (secondary N) is 1. The van der Waals surface area contributed by atoms with E-state index in [9.17, 15) is 9.18 Å². The maximum atomic E-state index is 12.8. The van der Waals surface area contributed by atoms with E-state index in [0.717, 1.165) is 16.1 Å². The molecule has 4 heteroatoms. The molecule has 0 atom stereocenters. The third kappa shape index (κ3) is 2.53. The van der Waals surface area contributed by atoms with Gasteiger partial charge in [-0.3, -0.25) is 4.79 Å². The molecule has 19 heavy (non-hydrogen) atoms. The molecule has 2 nitrogen and oxygen atoms in total. The molecule has 1 aliphatic heterocycles. The Morgan fingerprint density at radius 2 is 1.79 bits per heavy atom. The van der Waals surface area contributed by atoms with E-state index in [4.69, 9.17) is 0 Å². The van der Waals surface area contributed by atoms with Crippen molar-refractivity contribution in [1.29, 1.82) is 0 Å². The van der Waals surface area contributed by atoms with Gasteiger partial charge in [-0.05, 0) is 35.9 Å². The van der Waals surface area contributed by atoms with E-state index >= 15 is 0 Å². The van der Waals surface area contributed by atoms with Crippen LogP contribution in [-0.4, -0.2) is 5.91 Å². The van der Waals surface area contributed by atoms with Crippen molar-refractivity contribution in [1.82, 2.24) is 0 Å². The van der Waals surface area contributed by atoms with Gasteiger partial charge >= 0.3 is 0 Å². The highest BCUT2D eigenvalue weighted by atomic mass is 32.2. The van der Waals surface area contributed by atoms with Crippen molar-refractivity contribution in [2.24, 2.45) is 0 Å². The number of para-hydroxylation sites is 1. The lowest BCUT2D eigenvalue weighted by Crippen LogP contribution is -2.17. The standard InChI is InChI=1S/C15H10FNOS/c16-11-7-5-10(6-8-11)9-14-15(18)17-12-3-1-2-4-13(12)19-14/h1-9H,(H,17,18)/b14-9+. The molecular formula is C15H10FNOS. The van der Waals surface area contributed by atoms with Crippen molar-refractivity contribution in [3.63, 3.8) is 0 Å². The zero-order valence-electron chi connectivity index (χ0n) is 9.89. The molecule has 3 rings (SSSR count). The van der Waals surface area contributed by atoms with Crippen molar-refractivity contribution < 1.29 is 9.18 Å². The minimum atomic E-state index is -0.284. The highest BCUT2D eigenvalue weighted by Crippen LogP contribution is 2.38. The highest BCUT2D eigenvalue weighted by molar-refractivity contribution is 8.04. The molecule has 0 bridgehead atoms. The summed E-state index contributed by atoms with van der Waals surface area (Å²) in [5.41, 5.74) is 1.63. The summed E-state index contributed by atoms with van der Waals surface area (Å²) in [4.78, 5) is 13.6. The number of rotatable bonds is 1. The van der Waals surface area contributed by atoms with Crippen molar-refractivity contribution in [3.05, 3.63) is 64.8 Å². The second kappa shape index (κ2) is 4.90. The van der Waals surface area contributed by atoms with Crippen molar-refractivity contribution in [2.45, 2.75) is 4.90 Å².